The van der Waals surface area contributed by atoms with Crippen LogP contribution in [0.2, 0.25) is 0 Å². The second-order valence-electron chi connectivity index (χ2n) is 3.60. The van der Waals surface area contributed by atoms with Crippen molar-refractivity contribution >= 4 is 11.0 Å². The zero-order chi connectivity index (χ0) is 11.8. The molecule has 0 fully saturated rings. The second-order valence-corrected chi connectivity index (χ2v) is 3.60. The summed E-state index contributed by atoms with van der Waals surface area (Å²) in [6, 6.07) is 9.41. The molecule has 0 spiro atoms. The summed E-state index contributed by atoms with van der Waals surface area (Å²) in [7, 11) is 0. The zero-order valence-electron chi connectivity index (χ0n) is 8.71. The van der Waals surface area contributed by atoms with Crippen molar-refractivity contribution in [1.29, 1.82) is 0 Å². The van der Waals surface area contributed by atoms with Crippen LogP contribution in [0.5, 0.6) is 5.75 Å². The summed E-state index contributed by atoms with van der Waals surface area (Å²) in [5.74, 6) is 0.743. The fourth-order valence-electron chi connectivity index (χ4n) is 1.73. The van der Waals surface area contributed by atoms with E-state index in [0.29, 0.717) is 17.1 Å². The number of aromatic hydroxyl groups is 1. The molecule has 0 bridgehead atoms. The Hall–Kier alpha value is -2.49. The van der Waals surface area contributed by atoms with E-state index in [2.05, 4.69) is 0 Å². The van der Waals surface area contributed by atoms with E-state index in [4.69, 9.17) is 8.83 Å². The number of fused-ring (bicyclic) bond motifs is 1. The molecule has 0 atom stereocenters. The van der Waals surface area contributed by atoms with E-state index in [9.17, 15) is 9.90 Å². The monoisotopic (exact) mass is 228 g/mol. The first kappa shape index (κ1) is 9.72. The number of benzene rings is 1. The smallest absolute Gasteiger partial charge is 0.197 e. The van der Waals surface area contributed by atoms with Gasteiger partial charge in [-0.3, -0.25) is 4.79 Å². The predicted molar refractivity (Wildman–Crippen MR) is 61.9 cm³/mol. The van der Waals surface area contributed by atoms with Gasteiger partial charge in [0, 0.05) is 6.07 Å². The van der Waals surface area contributed by atoms with Gasteiger partial charge in [0.15, 0.2) is 16.9 Å². The molecular formula is C13H8O4. The molecular weight excluding hydrogens is 220 g/mol. The minimum Gasteiger partial charge on any atom is -0.507 e. The van der Waals surface area contributed by atoms with Crippen molar-refractivity contribution in [2.45, 2.75) is 0 Å². The highest BCUT2D eigenvalue weighted by Gasteiger charge is 2.11. The number of rotatable bonds is 1. The molecule has 4 nitrogen and oxygen atoms in total. The van der Waals surface area contributed by atoms with Crippen LogP contribution in [0.3, 0.4) is 0 Å². The Kier molecular flexibility index (Phi) is 2.01. The summed E-state index contributed by atoms with van der Waals surface area (Å²) in [6.07, 6.45) is 1.50. The SMILES string of the molecule is O=c1cc(-c2ccco2)oc2cccc(O)c12. The zero-order valence-corrected chi connectivity index (χ0v) is 8.71. The molecule has 0 saturated carbocycles. The van der Waals surface area contributed by atoms with E-state index in [1.54, 1.807) is 24.3 Å². The molecule has 4 heteroatoms. The van der Waals surface area contributed by atoms with Crippen LogP contribution in [0.1, 0.15) is 0 Å². The maximum atomic E-state index is 11.9. The highest BCUT2D eigenvalue weighted by Crippen LogP contribution is 2.26. The Bertz CT molecular complexity index is 723. The van der Waals surface area contributed by atoms with Crippen molar-refractivity contribution in [3.05, 3.63) is 52.9 Å². The van der Waals surface area contributed by atoms with Gasteiger partial charge in [0.25, 0.3) is 0 Å². The third-order valence-electron chi connectivity index (χ3n) is 2.50. The molecule has 0 radical (unpaired) electrons. The molecule has 0 amide bonds. The van der Waals surface area contributed by atoms with E-state index in [0.717, 1.165) is 0 Å². The van der Waals surface area contributed by atoms with E-state index < -0.39 is 0 Å². The normalized spacial score (nSPS) is 10.8. The van der Waals surface area contributed by atoms with Gasteiger partial charge in [0.2, 0.25) is 0 Å². The first-order valence-electron chi connectivity index (χ1n) is 5.05. The van der Waals surface area contributed by atoms with E-state index >= 15 is 0 Å². The van der Waals surface area contributed by atoms with Gasteiger partial charge in [-0.25, -0.2) is 0 Å². The average molecular weight is 228 g/mol. The number of hydrogen-bond donors (Lipinski definition) is 1. The van der Waals surface area contributed by atoms with Gasteiger partial charge in [-0.1, -0.05) is 6.07 Å². The van der Waals surface area contributed by atoms with Gasteiger partial charge >= 0.3 is 0 Å². The third-order valence-corrected chi connectivity index (χ3v) is 2.50. The molecule has 1 N–H and O–H groups in total. The van der Waals surface area contributed by atoms with Gasteiger partial charge in [0.05, 0.1) is 6.26 Å². The minimum atomic E-state index is -0.296. The Morgan fingerprint density at radius 3 is 2.71 bits per heavy atom. The lowest BCUT2D eigenvalue weighted by molar-refractivity contribution is 0.479. The number of phenols is 1. The van der Waals surface area contributed by atoms with Crippen molar-refractivity contribution in [3.63, 3.8) is 0 Å². The molecule has 0 aliphatic heterocycles. The van der Waals surface area contributed by atoms with Crippen LogP contribution in [-0.4, -0.2) is 5.11 Å². The van der Waals surface area contributed by atoms with Gasteiger partial charge in [-0.15, -0.1) is 0 Å². The Labute approximate surface area is 95.7 Å². The molecule has 0 unspecified atom stereocenters. The third kappa shape index (κ3) is 1.50. The molecule has 3 rings (SSSR count). The summed E-state index contributed by atoms with van der Waals surface area (Å²) in [5.41, 5.74) is 0.0413. The summed E-state index contributed by atoms with van der Waals surface area (Å²) < 4.78 is 10.7. The maximum Gasteiger partial charge on any atom is 0.197 e. The Morgan fingerprint density at radius 2 is 1.94 bits per heavy atom. The highest BCUT2D eigenvalue weighted by atomic mass is 16.4. The Morgan fingerprint density at radius 1 is 1.06 bits per heavy atom. The molecule has 84 valence electrons. The molecule has 0 saturated heterocycles. The first-order valence-corrected chi connectivity index (χ1v) is 5.05. The molecule has 0 aliphatic rings. The van der Waals surface area contributed by atoms with Crippen LogP contribution in [0.25, 0.3) is 22.5 Å². The number of furan rings is 1. The van der Waals surface area contributed by atoms with Crippen LogP contribution in [0, 0.1) is 0 Å². The highest BCUT2D eigenvalue weighted by molar-refractivity contribution is 5.84. The van der Waals surface area contributed by atoms with E-state index in [1.807, 2.05) is 0 Å². The first-order chi connectivity index (χ1) is 8.25. The number of hydrogen-bond acceptors (Lipinski definition) is 4. The summed E-state index contributed by atoms with van der Waals surface area (Å²) in [4.78, 5) is 11.9. The molecule has 2 aromatic heterocycles. The van der Waals surface area contributed by atoms with E-state index in [-0.39, 0.29) is 16.6 Å². The summed E-state index contributed by atoms with van der Waals surface area (Å²) in [6.45, 7) is 0. The summed E-state index contributed by atoms with van der Waals surface area (Å²) in [5, 5.41) is 9.77. The van der Waals surface area contributed by atoms with Crippen molar-refractivity contribution in [1.82, 2.24) is 0 Å². The van der Waals surface area contributed by atoms with Crippen LogP contribution in [0.15, 0.2) is 56.3 Å². The quantitative estimate of drug-likeness (QED) is 0.695. The molecule has 0 aliphatic carbocycles. The van der Waals surface area contributed by atoms with Crippen molar-refractivity contribution in [2.24, 2.45) is 0 Å². The van der Waals surface area contributed by atoms with Gasteiger partial charge in [0.1, 0.15) is 16.7 Å². The minimum absolute atomic E-state index is 0.0813. The van der Waals surface area contributed by atoms with Crippen molar-refractivity contribution in [2.75, 3.05) is 0 Å². The standard InChI is InChI=1S/C13H8O4/c14-8-3-1-4-11-13(8)9(15)7-12(17-11)10-5-2-6-16-10/h1-7,14H. The predicted octanol–water partition coefficient (Wildman–Crippen LogP) is 2.76. The van der Waals surface area contributed by atoms with Gasteiger partial charge in [-0.05, 0) is 24.3 Å². The maximum absolute atomic E-state index is 11.9. The lowest BCUT2D eigenvalue weighted by atomic mass is 10.2. The molecule has 2 heterocycles. The lowest BCUT2D eigenvalue weighted by Crippen LogP contribution is -2.00. The van der Waals surface area contributed by atoms with Crippen LogP contribution < -0.4 is 5.43 Å². The summed E-state index contributed by atoms with van der Waals surface area (Å²) >= 11 is 0. The van der Waals surface area contributed by atoms with Crippen LogP contribution in [0.4, 0.5) is 0 Å². The number of phenolic OH excluding ortho intramolecular Hbond substituents is 1. The topological polar surface area (TPSA) is 63.6 Å². The van der Waals surface area contributed by atoms with Crippen LogP contribution in [-0.2, 0) is 0 Å². The van der Waals surface area contributed by atoms with Gasteiger partial charge < -0.3 is 13.9 Å². The van der Waals surface area contributed by atoms with E-state index in [1.165, 1.54) is 18.4 Å². The molecule has 1 aromatic carbocycles. The average Bonchev–Trinajstić information content (AvgIpc) is 2.81. The van der Waals surface area contributed by atoms with Crippen molar-refractivity contribution < 1.29 is 13.9 Å². The second kappa shape index (κ2) is 3.52. The fraction of sp³-hybridized carbons (Fsp3) is 0. The van der Waals surface area contributed by atoms with Gasteiger partial charge in [-0.2, -0.15) is 0 Å². The lowest BCUT2D eigenvalue weighted by Gasteiger charge is -2.01. The molecule has 17 heavy (non-hydrogen) atoms. The largest absolute Gasteiger partial charge is 0.507 e. The van der Waals surface area contributed by atoms with Crippen molar-refractivity contribution in [3.8, 4) is 17.3 Å². The fourth-order valence-corrected chi connectivity index (χ4v) is 1.73. The molecule has 3 aromatic rings. The van der Waals surface area contributed by atoms with Crippen LogP contribution >= 0.6 is 0 Å². The Balaban J connectivity index is 2.36.